The maximum absolute atomic E-state index is 11.6. The van der Waals surface area contributed by atoms with Crippen LogP contribution in [0.5, 0.6) is 0 Å². The second-order valence-electron chi connectivity index (χ2n) is 4.22. The summed E-state index contributed by atoms with van der Waals surface area (Å²) in [5.74, 6) is 0.856. The molecule has 0 aromatic heterocycles. The Morgan fingerprint density at radius 2 is 2.20 bits per heavy atom. The Kier molecular flexibility index (Phi) is 3.17. The molecule has 2 heteroatoms. The lowest BCUT2D eigenvalue weighted by Gasteiger charge is -2.26. The van der Waals surface area contributed by atoms with Gasteiger partial charge >= 0.3 is 0 Å². The number of hydrogen-bond donors (Lipinski definition) is 1. The van der Waals surface area contributed by atoms with Crippen LogP contribution in [0.3, 0.4) is 0 Å². The Labute approximate surface area is 90.5 Å². The maximum Gasteiger partial charge on any atom is 0.164 e. The number of Topliss-reactive ketones (excluding diaryl/α,β-unsaturated/α-hetero) is 1. The van der Waals surface area contributed by atoms with E-state index in [4.69, 9.17) is 5.73 Å². The molecule has 0 unspecified atom stereocenters. The lowest BCUT2D eigenvalue weighted by atomic mass is 9.79. The standard InChI is InChI=1S/C13H17NO/c14-8-7-13(15)12-6-2-5-11(9-12)10-3-1-4-10/h2,5-6,9-10H,1,3-4,7-8,14H2. The lowest BCUT2D eigenvalue weighted by Crippen LogP contribution is -2.11. The fourth-order valence-electron chi connectivity index (χ4n) is 1.98. The Hall–Kier alpha value is -1.15. The predicted molar refractivity (Wildman–Crippen MR) is 61.0 cm³/mol. The van der Waals surface area contributed by atoms with Crippen molar-refractivity contribution in [3.63, 3.8) is 0 Å². The van der Waals surface area contributed by atoms with Crippen molar-refractivity contribution in [1.82, 2.24) is 0 Å². The second kappa shape index (κ2) is 4.58. The molecule has 1 aromatic carbocycles. The van der Waals surface area contributed by atoms with Crippen molar-refractivity contribution >= 4 is 5.78 Å². The van der Waals surface area contributed by atoms with Gasteiger partial charge in [0.05, 0.1) is 0 Å². The number of rotatable bonds is 4. The van der Waals surface area contributed by atoms with Gasteiger partial charge in [-0.1, -0.05) is 24.6 Å². The van der Waals surface area contributed by atoms with Crippen LogP contribution in [0.2, 0.25) is 0 Å². The summed E-state index contributed by atoms with van der Waals surface area (Å²) in [5, 5.41) is 0. The van der Waals surface area contributed by atoms with Crippen molar-refractivity contribution in [2.24, 2.45) is 5.73 Å². The third-order valence-corrected chi connectivity index (χ3v) is 3.16. The summed E-state index contributed by atoms with van der Waals surface area (Å²) in [5.41, 5.74) is 7.53. The molecule has 0 saturated heterocycles. The van der Waals surface area contributed by atoms with Crippen LogP contribution in [0.25, 0.3) is 0 Å². The number of carbonyl (C=O) groups excluding carboxylic acids is 1. The molecule has 1 saturated carbocycles. The van der Waals surface area contributed by atoms with Crippen molar-refractivity contribution in [2.75, 3.05) is 6.54 Å². The fourth-order valence-corrected chi connectivity index (χ4v) is 1.98. The van der Waals surface area contributed by atoms with Crippen molar-refractivity contribution in [3.8, 4) is 0 Å². The molecule has 1 aliphatic rings. The van der Waals surface area contributed by atoms with Crippen LogP contribution in [0, 0.1) is 0 Å². The van der Waals surface area contributed by atoms with Crippen molar-refractivity contribution in [3.05, 3.63) is 35.4 Å². The van der Waals surface area contributed by atoms with E-state index >= 15 is 0 Å². The van der Waals surface area contributed by atoms with Crippen molar-refractivity contribution in [1.29, 1.82) is 0 Å². The number of carbonyl (C=O) groups is 1. The van der Waals surface area contributed by atoms with Crippen LogP contribution < -0.4 is 5.73 Å². The Morgan fingerprint density at radius 3 is 2.80 bits per heavy atom. The van der Waals surface area contributed by atoms with E-state index in [1.807, 2.05) is 18.2 Å². The van der Waals surface area contributed by atoms with E-state index in [9.17, 15) is 4.79 Å². The third kappa shape index (κ3) is 2.26. The molecule has 2 rings (SSSR count). The quantitative estimate of drug-likeness (QED) is 0.764. The monoisotopic (exact) mass is 203 g/mol. The molecule has 2 N–H and O–H groups in total. The van der Waals surface area contributed by atoms with Gasteiger partial charge in [-0.25, -0.2) is 0 Å². The van der Waals surface area contributed by atoms with Gasteiger partial charge in [-0.15, -0.1) is 0 Å². The molecule has 0 spiro atoms. The van der Waals surface area contributed by atoms with Crippen molar-refractivity contribution in [2.45, 2.75) is 31.6 Å². The first kappa shape index (κ1) is 10.4. The summed E-state index contributed by atoms with van der Waals surface area (Å²) in [4.78, 5) is 11.6. The minimum atomic E-state index is 0.165. The van der Waals surface area contributed by atoms with Gasteiger partial charge in [0.2, 0.25) is 0 Å². The first-order chi connectivity index (χ1) is 7.31. The number of nitrogens with two attached hydrogens (primary N) is 1. The molecular weight excluding hydrogens is 186 g/mol. The van der Waals surface area contributed by atoms with Gasteiger partial charge < -0.3 is 5.73 Å². The first-order valence-corrected chi connectivity index (χ1v) is 5.64. The Bertz CT molecular complexity index is 355. The van der Waals surface area contributed by atoms with E-state index in [-0.39, 0.29) is 5.78 Å². The average molecular weight is 203 g/mol. The zero-order valence-electron chi connectivity index (χ0n) is 8.91. The molecular formula is C13H17NO. The second-order valence-corrected chi connectivity index (χ2v) is 4.22. The lowest BCUT2D eigenvalue weighted by molar-refractivity contribution is 0.0985. The highest BCUT2D eigenvalue weighted by Gasteiger charge is 2.19. The summed E-state index contributed by atoms with van der Waals surface area (Å²) in [6.45, 7) is 0.437. The fraction of sp³-hybridized carbons (Fsp3) is 0.462. The van der Waals surface area contributed by atoms with Crippen molar-refractivity contribution < 1.29 is 4.79 Å². The number of hydrogen-bond acceptors (Lipinski definition) is 2. The van der Waals surface area contributed by atoms with E-state index in [1.54, 1.807) is 0 Å². The normalized spacial score (nSPS) is 16.1. The molecule has 15 heavy (non-hydrogen) atoms. The third-order valence-electron chi connectivity index (χ3n) is 3.16. The molecule has 0 amide bonds. The highest BCUT2D eigenvalue weighted by molar-refractivity contribution is 5.96. The topological polar surface area (TPSA) is 43.1 Å². The highest BCUT2D eigenvalue weighted by Crippen LogP contribution is 2.36. The van der Waals surface area contributed by atoms with Gasteiger partial charge in [0.15, 0.2) is 5.78 Å². The largest absolute Gasteiger partial charge is 0.330 e. The van der Waals surface area contributed by atoms with E-state index in [2.05, 4.69) is 6.07 Å². The zero-order chi connectivity index (χ0) is 10.7. The number of benzene rings is 1. The summed E-state index contributed by atoms with van der Waals surface area (Å²) in [6, 6.07) is 8.04. The summed E-state index contributed by atoms with van der Waals surface area (Å²) >= 11 is 0. The van der Waals surface area contributed by atoms with Gasteiger partial charge in [-0.3, -0.25) is 4.79 Å². The van der Waals surface area contributed by atoms with Gasteiger partial charge in [0.25, 0.3) is 0 Å². The smallest absolute Gasteiger partial charge is 0.164 e. The van der Waals surface area contributed by atoms with E-state index in [0.29, 0.717) is 18.9 Å². The summed E-state index contributed by atoms with van der Waals surface area (Å²) in [6.07, 6.45) is 4.32. The predicted octanol–water partition coefficient (Wildman–Crippen LogP) is 2.49. The highest BCUT2D eigenvalue weighted by atomic mass is 16.1. The molecule has 0 radical (unpaired) electrons. The molecule has 1 fully saturated rings. The SMILES string of the molecule is NCCC(=O)c1cccc(C2CCC2)c1. The van der Waals surface area contributed by atoms with E-state index < -0.39 is 0 Å². The zero-order valence-corrected chi connectivity index (χ0v) is 8.91. The first-order valence-electron chi connectivity index (χ1n) is 5.64. The summed E-state index contributed by atoms with van der Waals surface area (Å²) < 4.78 is 0. The van der Waals surface area contributed by atoms with Crippen LogP contribution in [-0.4, -0.2) is 12.3 Å². The van der Waals surface area contributed by atoms with Crippen LogP contribution in [-0.2, 0) is 0 Å². The van der Waals surface area contributed by atoms with Gasteiger partial charge in [-0.05, 0) is 36.9 Å². The molecule has 2 nitrogen and oxygen atoms in total. The molecule has 0 aliphatic heterocycles. The molecule has 80 valence electrons. The Morgan fingerprint density at radius 1 is 1.40 bits per heavy atom. The van der Waals surface area contributed by atoms with Crippen LogP contribution in [0.4, 0.5) is 0 Å². The van der Waals surface area contributed by atoms with E-state index in [0.717, 1.165) is 5.56 Å². The summed E-state index contributed by atoms with van der Waals surface area (Å²) in [7, 11) is 0. The minimum Gasteiger partial charge on any atom is -0.330 e. The van der Waals surface area contributed by atoms with E-state index in [1.165, 1.54) is 24.8 Å². The van der Waals surface area contributed by atoms with Crippen LogP contribution >= 0.6 is 0 Å². The number of ketones is 1. The van der Waals surface area contributed by atoms with Crippen LogP contribution in [0.15, 0.2) is 24.3 Å². The molecule has 0 atom stereocenters. The van der Waals surface area contributed by atoms with Gasteiger partial charge in [0, 0.05) is 12.0 Å². The van der Waals surface area contributed by atoms with Gasteiger partial charge in [-0.2, -0.15) is 0 Å². The van der Waals surface area contributed by atoms with Crippen LogP contribution in [0.1, 0.15) is 47.5 Å². The Balaban J connectivity index is 2.14. The molecule has 0 bridgehead atoms. The maximum atomic E-state index is 11.6. The molecule has 0 heterocycles. The average Bonchev–Trinajstić information content (AvgIpc) is 2.16. The molecule has 1 aromatic rings. The minimum absolute atomic E-state index is 0.165. The van der Waals surface area contributed by atoms with Gasteiger partial charge in [0.1, 0.15) is 0 Å². The molecule has 1 aliphatic carbocycles.